The van der Waals surface area contributed by atoms with E-state index >= 15 is 0 Å². The fourth-order valence-corrected chi connectivity index (χ4v) is 1.52. The summed E-state index contributed by atoms with van der Waals surface area (Å²) < 4.78 is 5.51. The van der Waals surface area contributed by atoms with Gasteiger partial charge in [0, 0.05) is 25.8 Å². The normalized spacial score (nSPS) is 16.8. The Labute approximate surface area is 96.9 Å². The highest BCUT2D eigenvalue weighted by atomic mass is 16.5. The Morgan fingerprint density at radius 2 is 2.25 bits per heavy atom. The smallest absolute Gasteiger partial charge is 0.328 e. The van der Waals surface area contributed by atoms with Gasteiger partial charge in [-0.1, -0.05) is 5.57 Å². The van der Waals surface area contributed by atoms with Crippen molar-refractivity contribution in [2.75, 3.05) is 33.4 Å². The predicted molar refractivity (Wildman–Crippen MR) is 62.4 cm³/mol. The van der Waals surface area contributed by atoms with Gasteiger partial charge in [0.15, 0.2) is 0 Å². The van der Waals surface area contributed by atoms with E-state index in [9.17, 15) is 4.79 Å². The van der Waals surface area contributed by atoms with Crippen LogP contribution in [-0.4, -0.2) is 49.3 Å². The van der Waals surface area contributed by atoms with Crippen molar-refractivity contribution in [2.45, 2.75) is 19.8 Å². The van der Waals surface area contributed by atoms with Crippen LogP contribution in [0.4, 0.5) is 0 Å². The first-order chi connectivity index (χ1) is 7.58. The van der Waals surface area contributed by atoms with Gasteiger partial charge in [-0.2, -0.15) is 0 Å². The number of carboxylic acids is 1. The van der Waals surface area contributed by atoms with Crippen molar-refractivity contribution in [3.05, 3.63) is 11.6 Å². The molecule has 0 unspecified atom stereocenters. The highest BCUT2D eigenvalue weighted by Gasteiger charge is 2.20. The molecule has 1 fully saturated rings. The van der Waals surface area contributed by atoms with Gasteiger partial charge in [-0.15, -0.1) is 0 Å². The van der Waals surface area contributed by atoms with E-state index in [1.54, 1.807) is 0 Å². The third-order valence-corrected chi connectivity index (χ3v) is 2.56. The minimum Gasteiger partial charge on any atom is -0.478 e. The van der Waals surface area contributed by atoms with Crippen LogP contribution in [0, 0.1) is 5.92 Å². The Morgan fingerprint density at radius 3 is 2.81 bits per heavy atom. The van der Waals surface area contributed by atoms with Gasteiger partial charge in [0.25, 0.3) is 0 Å². The summed E-state index contributed by atoms with van der Waals surface area (Å²) in [6.07, 6.45) is 3.88. The molecule has 1 saturated carbocycles. The molecule has 0 aromatic carbocycles. The van der Waals surface area contributed by atoms with Crippen molar-refractivity contribution in [3.8, 4) is 0 Å². The Morgan fingerprint density at radius 1 is 1.56 bits per heavy atom. The summed E-state index contributed by atoms with van der Waals surface area (Å²) in [7, 11) is 1.97. The molecule has 1 rings (SSSR count). The summed E-state index contributed by atoms with van der Waals surface area (Å²) in [5.74, 6) is -0.0742. The molecule has 0 heterocycles. The Kier molecular flexibility index (Phi) is 5.49. The van der Waals surface area contributed by atoms with Gasteiger partial charge in [0.1, 0.15) is 0 Å². The second-order valence-electron chi connectivity index (χ2n) is 4.59. The summed E-state index contributed by atoms with van der Waals surface area (Å²) in [6.45, 7) is 4.97. The van der Waals surface area contributed by atoms with Crippen LogP contribution in [-0.2, 0) is 9.53 Å². The zero-order valence-electron chi connectivity index (χ0n) is 10.1. The molecule has 0 aromatic heterocycles. The number of hydrogen-bond acceptors (Lipinski definition) is 3. The number of carbonyl (C=O) groups is 1. The molecule has 0 bridgehead atoms. The summed E-state index contributed by atoms with van der Waals surface area (Å²) in [6, 6.07) is 0. The van der Waals surface area contributed by atoms with Crippen molar-refractivity contribution in [1.29, 1.82) is 0 Å². The lowest BCUT2D eigenvalue weighted by atomic mass is 10.2. The lowest BCUT2D eigenvalue weighted by Crippen LogP contribution is -2.25. The van der Waals surface area contributed by atoms with E-state index in [0.717, 1.165) is 31.2 Å². The Hall–Kier alpha value is -0.870. The Bertz CT molecular complexity index is 259. The van der Waals surface area contributed by atoms with Crippen LogP contribution >= 0.6 is 0 Å². The zero-order chi connectivity index (χ0) is 12.0. The van der Waals surface area contributed by atoms with E-state index in [2.05, 4.69) is 4.90 Å². The van der Waals surface area contributed by atoms with Crippen LogP contribution in [0.15, 0.2) is 11.6 Å². The number of rotatable bonds is 8. The molecule has 0 atom stereocenters. The molecule has 92 valence electrons. The summed E-state index contributed by atoms with van der Waals surface area (Å²) in [5.41, 5.74) is 0.859. The van der Waals surface area contributed by atoms with Gasteiger partial charge in [-0.25, -0.2) is 4.79 Å². The maximum atomic E-state index is 10.4. The number of nitrogens with zero attached hydrogens (tertiary/aromatic N) is 1. The summed E-state index contributed by atoms with van der Waals surface area (Å²) in [4.78, 5) is 12.5. The molecular weight excluding hydrogens is 206 g/mol. The van der Waals surface area contributed by atoms with Gasteiger partial charge in [-0.05, 0) is 32.7 Å². The molecule has 1 aliphatic rings. The van der Waals surface area contributed by atoms with Gasteiger partial charge in [0.05, 0.1) is 6.61 Å². The molecular formula is C12H21NO3. The topological polar surface area (TPSA) is 49.8 Å². The van der Waals surface area contributed by atoms with Gasteiger partial charge < -0.3 is 14.7 Å². The summed E-state index contributed by atoms with van der Waals surface area (Å²) in [5, 5.41) is 8.56. The van der Waals surface area contributed by atoms with E-state index in [4.69, 9.17) is 9.84 Å². The molecule has 4 nitrogen and oxygen atoms in total. The van der Waals surface area contributed by atoms with Crippen LogP contribution in [0.5, 0.6) is 0 Å². The van der Waals surface area contributed by atoms with E-state index in [0.29, 0.717) is 6.54 Å². The van der Waals surface area contributed by atoms with Gasteiger partial charge in [-0.3, -0.25) is 0 Å². The first kappa shape index (κ1) is 13.2. The molecule has 0 radical (unpaired) electrons. The average Bonchev–Trinajstić information content (AvgIpc) is 2.94. The van der Waals surface area contributed by atoms with Gasteiger partial charge in [0.2, 0.25) is 0 Å². The Balaban J connectivity index is 2.04. The van der Waals surface area contributed by atoms with Crippen LogP contribution in [0.1, 0.15) is 19.8 Å². The lowest BCUT2D eigenvalue weighted by molar-refractivity contribution is -0.131. The maximum absolute atomic E-state index is 10.4. The highest BCUT2D eigenvalue weighted by molar-refractivity contribution is 5.80. The molecule has 1 aliphatic carbocycles. The zero-order valence-corrected chi connectivity index (χ0v) is 10.1. The molecule has 4 heteroatoms. The molecule has 0 spiro atoms. The van der Waals surface area contributed by atoms with Crippen LogP contribution < -0.4 is 0 Å². The fourth-order valence-electron chi connectivity index (χ4n) is 1.52. The number of ether oxygens (including phenoxy) is 1. The van der Waals surface area contributed by atoms with Crippen LogP contribution in [0.3, 0.4) is 0 Å². The first-order valence-electron chi connectivity index (χ1n) is 5.74. The predicted octanol–water partition coefficient (Wildman–Crippen LogP) is 1.38. The third kappa shape index (κ3) is 6.58. The van der Waals surface area contributed by atoms with Crippen molar-refractivity contribution < 1.29 is 14.6 Å². The first-order valence-corrected chi connectivity index (χ1v) is 5.74. The van der Waals surface area contributed by atoms with Crippen molar-refractivity contribution in [1.82, 2.24) is 4.90 Å². The van der Waals surface area contributed by atoms with Crippen molar-refractivity contribution >= 4 is 5.97 Å². The number of likely N-dealkylation sites (N-methyl/N-ethyl adjacent to an activating group) is 1. The second-order valence-corrected chi connectivity index (χ2v) is 4.59. The van der Waals surface area contributed by atoms with E-state index in [1.165, 1.54) is 18.9 Å². The molecule has 0 saturated heterocycles. The van der Waals surface area contributed by atoms with Gasteiger partial charge >= 0.3 is 5.97 Å². The molecule has 0 aromatic rings. The van der Waals surface area contributed by atoms with Crippen LogP contribution in [0.25, 0.3) is 0 Å². The number of carboxylic acid groups (broad SMARTS) is 1. The quantitative estimate of drug-likeness (QED) is 0.502. The largest absolute Gasteiger partial charge is 0.478 e. The maximum Gasteiger partial charge on any atom is 0.328 e. The van der Waals surface area contributed by atoms with Crippen LogP contribution in [0.2, 0.25) is 0 Å². The van der Waals surface area contributed by atoms with E-state index < -0.39 is 5.97 Å². The number of aliphatic carboxylic acids is 1. The minimum atomic E-state index is -0.879. The monoisotopic (exact) mass is 227 g/mol. The minimum absolute atomic E-state index is 0.680. The molecule has 0 amide bonds. The fraction of sp³-hybridized carbons (Fsp3) is 0.750. The average molecular weight is 227 g/mol. The van der Waals surface area contributed by atoms with Crippen molar-refractivity contribution in [2.24, 2.45) is 5.92 Å². The second kappa shape index (κ2) is 6.66. The standard InChI is InChI=1S/C12H21NO3/c1-10(7-12(14)15)8-13(2)5-6-16-9-11-3-4-11/h7,11H,3-6,8-9H2,1-2H3,(H,14,15). The van der Waals surface area contributed by atoms with Crippen molar-refractivity contribution in [3.63, 3.8) is 0 Å². The molecule has 16 heavy (non-hydrogen) atoms. The summed E-state index contributed by atoms with van der Waals surface area (Å²) >= 11 is 0. The van der Waals surface area contributed by atoms with E-state index in [-0.39, 0.29) is 0 Å². The SMILES string of the molecule is CC(=CC(=O)O)CN(C)CCOCC1CC1. The van der Waals surface area contributed by atoms with E-state index in [1.807, 2.05) is 14.0 Å². The molecule has 1 N–H and O–H groups in total. The highest BCUT2D eigenvalue weighted by Crippen LogP contribution is 2.28. The number of hydrogen-bond donors (Lipinski definition) is 1. The third-order valence-electron chi connectivity index (χ3n) is 2.56. The lowest BCUT2D eigenvalue weighted by Gasteiger charge is -2.16. The molecule has 0 aliphatic heterocycles.